The first-order valence-corrected chi connectivity index (χ1v) is 9.27. The fourth-order valence-corrected chi connectivity index (χ4v) is 3.65. The highest BCUT2D eigenvalue weighted by molar-refractivity contribution is 7.08. The lowest BCUT2D eigenvalue weighted by Gasteiger charge is -2.26. The molecule has 1 fully saturated rings. The van der Waals surface area contributed by atoms with E-state index < -0.39 is 23.1 Å². The number of rotatable bonds is 6. The molecule has 1 aliphatic rings. The molecule has 0 radical (unpaired) electrons. The fourth-order valence-electron chi connectivity index (χ4n) is 2.93. The third-order valence-electron chi connectivity index (χ3n) is 4.34. The highest BCUT2D eigenvalue weighted by atomic mass is 32.1. The third-order valence-corrected chi connectivity index (χ3v) is 5.05. The van der Waals surface area contributed by atoms with Gasteiger partial charge in [0.05, 0.1) is 39.2 Å². The van der Waals surface area contributed by atoms with Gasteiger partial charge in [-0.25, -0.2) is 0 Å². The molecular formula is C18H21NO6S. The topological polar surface area (TPSA) is 89.2 Å². The molecule has 0 aromatic carbocycles. The maximum Gasteiger partial charge on any atom is 0.306 e. The summed E-state index contributed by atoms with van der Waals surface area (Å²) in [5.74, 6) is -0.928. The molecule has 1 saturated heterocycles. The average molecular weight is 379 g/mol. The summed E-state index contributed by atoms with van der Waals surface area (Å²) in [6.07, 6.45) is -0.0231. The van der Waals surface area contributed by atoms with Crippen molar-refractivity contribution >= 4 is 17.3 Å². The van der Waals surface area contributed by atoms with E-state index in [1.165, 1.54) is 24.5 Å². The van der Waals surface area contributed by atoms with Crippen LogP contribution in [0.15, 0.2) is 32.1 Å². The van der Waals surface area contributed by atoms with Gasteiger partial charge in [-0.15, -0.1) is 0 Å². The molecule has 0 amide bonds. The molecule has 2 aromatic rings. The van der Waals surface area contributed by atoms with E-state index in [1.54, 1.807) is 0 Å². The van der Waals surface area contributed by atoms with Gasteiger partial charge in [0.2, 0.25) is 11.2 Å². The van der Waals surface area contributed by atoms with Crippen molar-refractivity contribution in [3.63, 3.8) is 0 Å². The zero-order valence-electron chi connectivity index (χ0n) is 14.5. The number of methoxy groups -OCH3 is 1. The summed E-state index contributed by atoms with van der Waals surface area (Å²) >= 11 is 1.46. The van der Waals surface area contributed by atoms with Gasteiger partial charge in [-0.2, -0.15) is 11.3 Å². The molecule has 0 bridgehead atoms. The summed E-state index contributed by atoms with van der Waals surface area (Å²) in [7, 11) is 1.30. The van der Waals surface area contributed by atoms with E-state index in [0.717, 1.165) is 18.7 Å². The Labute approximate surface area is 154 Å². The number of carbonyl (C=O) groups is 1. The normalized spacial score (nSPS) is 16.3. The minimum atomic E-state index is -0.578. The minimum absolute atomic E-state index is 0.0231. The molecule has 2 aromatic heterocycles. The van der Waals surface area contributed by atoms with Crippen molar-refractivity contribution in [3.05, 3.63) is 50.2 Å². The summed E-state index contributed by atoms with van der Waals surface area (Å²) in [5.41, 5.74) is 0.280. The van der Waals surface area contributed by atoms with Crippen LogP contribution in [0.4, 0.5) is 0 Å². The predicted molar refractivity (Wildman–Crippen MR) is 95.5 cm³/mol. The van der Waals surface area contributed by atoms with E-state index in [1.807, 2.05) is 16.8 Å². The first kappa shape index (κ1) is 18.6. The van der Waals surface area contributed by atoms with Crippen LogP contribution in [0.25, 0.3) is 0 Å². The molecule has 1 N–H and O–H groups in total. The average Bonchev–Trinajstić information content (AvgIpc) is 3.18. The Bertz CT molecular complexity index is 795. The molecule has 0 unspecified atom stereocenters. The second-order valence-corrected chi connectivity index (χ2v) is 6.85. The monoisotopic (exact) mass is 379 g/mol. The molecule has 0 saturated carbocycles. The zero-order valence-corrected chi connectivity index (χ0v) is 15.3. The molecule has 8 heteroatoms. The molecule has 0 aliphatic carbocycles. The molecule has 7 nitrogen and oxygen atoms in total. The Hall–Kier alpha value is -2.16. The molecule has 1 aliphatic heterocycles. The van der Waals surface area contributed by atoms with Gasteiger partial charge in [0.25, 0.3) is 0 Å². The molecular weight excluding hydrogens is 358 g/mol. The van der Waals surface area contributed by atoms with E-state index in [0.29, 0.717) is 25.5 Å². The second kappa shape index (κ2) is 8.48. The van der Waals surface area contributed by atoms with E-state index in [4.69, 9.17) is 13.9 Å². The number of nitrogens with zero attached hydrogens (tertiary/aromatic N) is 1. The second-order valence-electron chi connectivity index (χ2n) is 6.07. The van der Waals surface area contributed by atoms with Crippen LogP contribution < -0.4 is 5.43 Å². The molecule has 1 atom stereocenters. The van der Waals surface area contributed by atoms with Crippen molar-refractivity contribution in [2.45, 2.75) is 18.9 Å². The predicted octanol–water partition coefficient (Wildman–Crippen LogP) is 1.93. The van der Waals surface area contributed by atoms with Crippen LogP contribution in [0.1, 0.15) is 29.4 Å². The van der Waals surface area contributed by atoms with Gasteiger partial charge in [-0.05, 0) is 22.4 Å². The summed E-state index contributed by atoms with van der Waals surface area (Å²) in [6, 6.07) is 3.14. The number of esters is 1. The van der Waals surface area contributed by atoms with Crippen molar-refractivity contribution in [2.75, 3.05) is 33.4 Å². The fraction of sp³-hybridized carbons (Fsp3) is 0.444. The van der Waals surface area contributed by atoms with Crippen LogP contribution in [0.5, 0.6) is 5.75 Å². The number of ether oxygens (including phenoxy) is 2. The van der Waals surface area contributed by atoms with E-state index >= 15 is 0 Å². The van der Waals surface area contributed by atoms with Gasteiger partial charge in [-0.3, -0.25) is 14.5 Å². The van der Waals surface area contributed by atoms with Crippen molar-refractivity contribution in [2.24, 2.45) is 0 Å². The summed E-state index contributed by atoms with van der Waals surface area (Å²) in [5, 5.41) is 14.0. The number of aromatic hydroxyl groups is 1. The first-order chi connectivity index (χ1) is 12.6. The Morgan fingerprint density at radius 1 is 1.42 bits per heavy atom. The van der Waals surface area contributed by atoms with Crippen molar-refractivity contribution in [3.8, 4) is 5.75 Å². The van der Waals surface area contributed by atoms with Crippen molar-refractivity contribution in [1.82, 2.24) is 4.90 Å². The van der Waals surface area contributed by atoms with Crippen LogP contribution >= 0.6 is 11.3 Å². The summed E-state index contributed by atoms with van der Waals surface area (Å²) in [4.78, 5) is 26.2. The lowest BCUT2D eigenvalue weighted by Crippen LogP contribution is -2.35. The molecule has 3 heterocycles. The SMILES string of the molecule is COC(=O)C[C@@H](c1ccsc1)c1oc(CN2CCOCC2)cc(=O)c1O. The first-order valence-electron chi connectivity index (χ1n) is 8.33. The number of carbonyl (C=O) groups excluding carboxylic acids is 1. The smallest absolute Gasteiger partial charge is 0.306 e. The maximum absolute atomic E-state index is 12.3. The highest BCUT2D eigenvalue weighted by Crippen LogP contribution is 2.34. The molecule has 140 valence electrons. The minimum Gasteiger partial charge on any atom is -0.502 e. The Morgan fingerprint density at radius 3 is 2.85 bits per heavy atom. The maximum atomic E-state index is 12.3. The Kier molecular flexibility index (Phi) is 6.08. The van der Waals surface area contributed by atoms with Gasteiger partial charge in [0.1, 0.15) is 5.76 Å². The Morgan fingerprint density at radius 2 is 2.19 bits per heavy atom. The standard InChI is InChI=1S/C18H21NO6S/c1-23-16(21)9-14(12-2-7-26-11-12)18-17(22)15(20)8-13(25-18)10-19-3-5-24-6-4-19/h2,7-8,11,14,22H,3-6,9-10H2,1H3/t14-/m0/s1. The quantitative estimate of drug-likeness (QED) is 0.767. The molecule has 26 heavy (non-hydrogen) atoms. The number of hydrogen-bond donors (Lipinski definition) is 1. The van der Waals surface area contributed by atoms with E-state index in [2.05, 4.69) is 4.90 Å². The number of hydrogen-bond acceptors (Lipinski definition) is 8. The third kappa shape index (κ3) is 4.32. The van der Waals surface area contributed by atoms with Crippen LogP contribution in [0.3, 0.4) is 0 Å². The van der Waals surface area contributed by atoms with Gasteiger partial charge in [0.15, 0.2) is 5.76 Å². The lowest BCUT2D eigenvalue weighted by atomic mass is 9.94. The van der Waals surface area contributed by atoms with Gasteiger partial charge in [-0.1, -0.05) is 0 Å². The zero-order chi connectivity index (χ0) is 18.5. The van der Waals surface area contributed by atoms with Crippen LogP contribution in [-0.4, -0.2) is 49.4 Å². The van der Waals surface area contributed by atoms with E-state index in [-0.39, 0.29) is 12.2 Å². The molecule has 0 spiro atoms. The van der Waals surface area contributed by atoms with Crippen LogP contribution in [-0.2, 0) is 20.8 Å². The van der Waals surface area contributed by atoms with Crippen molar-refractivity contribution < 1.29 is 23.8 Å². The number of thiophene rings is 1. The van der Waals surface area contributed by atoms with Gasteiger partial charge < -0.3 is 19.0 Å². The van der Waals surface area contributed by atoms with Crippen molar-refractivity contribution in [1.29, 1.82) is 0 Å². The number of morpholine rings is 1. The van der Waals surface area contributed by atoms with Gasteiger partial charge in [0, 0.05) is 19.2 Å². The Balaban J connectivity index is 1.94. The summed E-state index contributed by atoms with van der Waals surface area (Å²) < 4.78 is 16.0. The lowest BCUT2D eigenvalue weighted by molar-refractivity contribution is -0.140. The largest absolute Gasteiger partial charge is 0.502 e. The highest BCUT2D eigenvalue weighted by Gasteiger charge is 2.27. The summed E-state index contributed by atoms with van der Waals surface area (Å²) in [6.45, 7) is 3.20. The van der Waals surface area contributed by atoms with Crippen LogP contribution in [0.2, 0.25) is 0 Å². The van der Waals surface area contributed by atoms with Crippen LogP contribution in [0, 0.1) is 0 Å². The molecule has 3 rings (SSSR count). The van der Waals surface area contributed by atoms with E-state index in [9.17, 15) is 14.7 Å². The van der Waals surface area contributed by atoms with Gasteiger partial charge >= 0.3 is 5.97 Å².